The minimum absolute atomic E-state index is 0.302. The van der Waals surface area contributed by atoms with E-state index in [4.69, 9.17) is 14.2 Å². The molecule has 33 heavy (non-hydrogen) atoms. The Balaban J connectivity index is 1.67. The summed E-state index contributed by atoms with van der Waals surface area (Å²) < 4.78 is 18.4. The second-order valence-corrected chi connectivity index (χ2v) is 9.17. The third-order valence-corrected chi connectivity index (χ3v) is 6.51. The van der Waals surface area contributed by atoms with Crippen molar-refractivity contribution in [2.75, 3.05) is 13.2 Å². The van der Waals surface area contributed by atoms with Gasteiger partial charge in [0.05, 0.1) is 30.5 Å². The smallest absolute Gasteiger partial charge is 0.338 e. The summed E-state index contributed by atoms with van der Waals surface area (Å²) in [6.07, 6.45) is 1.94. The van der Waals surface area contributed by atoms with Gasteiger partial charge in [0.1, 0.15) is 6.61 Å². The number of ether oxygens (including phenoxy) is 3. The van der Waals surface area contributed by atoms with E-state index in [1.807, 2.05) is 72.8 Å². The topological polar surface area (TPSA) is 60.4 Å². The minimum atomic E-state index is -0.360. The van der Waals surface area contributed by atoms with Gasteiger partial charge in [0.25, 0.3) is 0 Å². The van der Waals surface area contributed by atoms with Crippen molar-refractivity contribution in [3.05, 3.63) is 80.9 Å². The Hall–Kier alpha value is -2.71. The first kappa shape index (κ1) is 23.4. The van der Waals surface area contributed by atoms with E-state index >= 15 is 0 Å². The van der Waals surface area contributed by atoms with E-state index in [0.29, 0.717) is 42.6 Å². The third kappa shape index (κ3) is 5.12. The molecule has 0 bridgehead atoms. The van der Waals surface area contributed by atoms with Crippen molar-refractivity contribution in [2.45, 2.75) is 33.4 Å². The van der Waals surface area contributed by atoms with Gasteiger partial charge >= 0.3 is 5.97 Å². The predicted molar refractivity (Wildman–Crippen MR) is 134 cm³/mol. The van der Waals surface area contributed by atoms with Gasteiger partial charge in [-0.3, -0.25) is 0 Å². The number of benzene rings is 2. The number of allylic oxidation sites excluding steroid dienone is 1. The summed E-state index contributed by atoms with van der Waals surface area (Å²) >= 11 is 4.98. The molecular formula is C25H25BrN2O4S. The fourth-order valence-corrected chi connectivity index (χ4v) is 4.78. The molecule has 2 aliphatic heterocycles. The highest BCUT2D eigenvalue weighted by molar-refractivity contribution is 9.10. The van der Waals surface area contributed by atoms with Crippen LogP contribution in [0.4, 0.5) is 0 Å². The summed E-state index contributed by atoms with van der Waals surface area (Å²) in [6.45, 7) is 6.80. The van der Waals surface area contributed by atoms with Gasteiger partial charge in [-0.25, -0.2) is 9.79 Å². The predicted octanol–water partition coefficient (Wildman–Crippen LogP) is 6.19. The molecule has 0 aliphatic carbocycles. The number of hydrogen-bond acceptors (Lipinski definition) is 7. The molecule has 0 amide bonds. The Kier molecular flexibility index (Phi) is 7.45. The molecule has 2 aliphatic rings. The van der Waals surface area contributed by atoms with Crippen LogP contribution in [0, 0.1) is 0 Å². The molecule has 0 saturated carbocycles. The molecule has 172 valence electrons. The number of carbonyl (C=O) groups is 1. The van der Waals surface area contributed by atoms with E-state index in [1.165, 1.54) is 11.8 Å². The van der Waals surface area contributed by atoms with Gasteiger partial charge in [-0.15, -0.1) is 0 Å². The molecule has 0 radical (unpaired) electrons. The lowest BCUT2D eigenvalue weighted by Crippen LogP contribution is -2.34. The van der Waals surface area contributed by atoms with Crippen LogP contribution in [0.3, 0.4) is 0 Å². The van der Waals surface area contributed by atoms with Gasteiger partial charge < -0.3 is 19.1 Å². The maximum absolute atomic E-state index is 12.9. The standard InChI is InChI=1S/C25H25BrN2O4S/c1-4-30-21-14-18(8-11-20(21)32-15-17-6-9-19(26)10-7-17)23-22(24(29)31-5-2)16(3)27-25-28(23)12-13-33-25/h6-14,23H,4-5,15H2,1-3H3/t23-/m0/s1. The fraction of sp³-hybridized carbons (Fsp3) is 0.280. The molecule has 2 heterocycles. The quantitative estimate of drug-likeness (QED) is 0.380. The van der Waals surface area contributed by atoms with Gasteiger partial charge in [-0.05, 0) is 61.6 Å². The third-order valence-electron chi connectivity index (χ3n) is 5.21. The summed E-state index contributed by atoms with van der Waals surface area (Å²) in [7, 11) is 0. The number of hydrogen-bond donors (Lipinski definition) is 0. The first-order chi connectivity index (χ1) is 16.0. The van der Waals surface area contributed by atoms with Gasteiger partial charge in [-0.2, -0.15) is 0 Å². The maximum atomic E-state index is 12.9. The SMILES string of the molecule is CCOC(=O)C1=C(C)N=C2SC=CN2[C@H]1c1ccc(OCc2ccc(Br)cc2)c(OCC)c1. The van der Waals surface area contributed by atoms with E-state index in [2.05, 4.69) is 20.9 Å². The molecule has 0 unspecified atom stereocenters. The van der Waals surface area contributed by atoms with Gasteiger partial charge in [-0.1, -0.05) is 45.9 Å². The first-order valence-electron chi connectivity index (χ1n) is 10.7. The first-order valence-corrected chi connectivity index (χ1v) is 12.4. The number of rotatable bonds is 8. The van der Waals surface area contributed by atoms with Crippen LogP contribution < -0.4 is 9.47 Å². The van der Waals surface area contributed by atoms with Crippen molar-refractivity contribution in [3.63, 3.8) is 0 Å². The number of aliphatic imine (C=N–C) groups is 1. The van der Waals surface area contributed by atoms with Crippen LogP contribution in [-0.2, 0) is 16.1 Å². The second kappa shape index (κ2) is 10.5. The molecule has 0 spiro atoms. The number of thioether (sulfide) groups is 1. The van der Waals surface area contributed by atoms with Gasteiger partial charge in [0.15, 0.2) is 16.7 Å². The number of esters is 1. The Morgan fingerprint density at radius 2 is 1.88 bits per heavy atom. The lowest BCUT2D eigenvalue weighted by atomic mass is 9.94. The van der Waals surface area contributed by atoms with Crippen LogP contribution in [0.1, 0.15) is 37.9 Å². The maximum Gasteiger partial charge on any atom is 0.338 e. The van der Waals surface area contributed by atoms with Crippen LogP contribution in [0.2, 0.25) is 0 Å². The largest absolute Gasteiger partial charge is 0.490 e. The monoisotopic (exact) mass is 528 g/mol. The highest BCUT2D eigenvalue weighted by Gasteiger charge is 2.37. The molecule has 8 heteroatoms. The molecule has 0 fully saturated rings. The second-order valence-electron chi connectivity index (χ2n) is 7.38. The van der Waals surface area contributed by atoms with E-state index in [0.717, 1.165) is 20.8 Å². The van der Waals surface area contributed by atoms with E-state index in [9.17, 15) is 4.79 Å². The lowest BCUT2D eigenvalue weighted by Gasteiger charge is -2.33. The van der Waals surface area contributed by atoms with Gasteiger partial charge in [0, 0.05) is 10.7 Å². The number of amidine groups is 1. The molecule has 1 atom stereocenters. The zero-order chi connectivity index (χ0) is 23.4. The Bertz CT molecular complexity index is 1130. The molecule has 0 saturated heterocycles. The van der Waals surface area contributed by atoms with Crippen molar-refractivity contribution < 1.29 is 19.0 Å². The molecule has 2 aromatic rings. The Labute approximate surface area is 206 Å². The molecule has 2 aromatic carbocycles. The zero-order valence-electron chi connectivity index (χ0n) is 18.7. The van der Waals surface area contributed by atoms with Crippen LogP contribution in [0.25, 0.3) is 0 Å². The molecule has 0 aromatic heterocycles. The summed E-state index contributed by atoms with van der Waals surface area (Å²) in [5, 5.41) is 2.80. The molecular weight excluding hydrogens is 504 g/mol. The Morgan fingerprint density at radius 1 is 1.09 bits per heavy atom. The van der Waals surface area contributed by atoms with Crippen LogP contribution in [-0.4, -0.2) is 29.3 Å². The fourth-order valence-electron chi connectivity index (χ4n) is 3.72. The molecule has 4 rings (SSSR count). The summed E-state index contributed by atoms with van der Waals surface area (Å²) in [5.74, 6) is 0.924. The van der Waals surface area contributed by atoms with Crippen LogP contribution in [0.15, 0.2) is 74.8 Å². The normalized spacial score (nSPS) is 17.0. The van der Waals surface area contributed by atoms with Crippen LogP contribution in [0.5, 0.6) is 11.5 Å². The van der Waals surface area contributed by atoms with Crippen molar-refractivity contribution in [1.82, 2.24) is 4.90 Å². The van der Waals surface area contributed by atoms with Crippen molar-refractivity contribution in [3.8, 4) is 11.5 Å². The number of carbonyl (C=O) groups excluding carboxylic acids is 1. The molecule has 0 N–H and O–H groups in total. The van der Waals surface area contributed by atoms with Crippen molar-refractivity contribution >= 4 is 38.8 Å². The van der Waals surface area contributed by atoms with Crippen LogP contribution >= 0.6 is 27.7 Å². The van der Waals surface area contributed by atoms with Gasteiger partial charge in [0.2, 0.25) is 0 Å². The number of halogens is 1. The average molecular weight is 529 g/mol. The van der Waals surface area contributed by atoms with E-state index < -0.39 is 0 Å². The zero-order valence-corrected chi connectivity index (χ0v) is 21.1. The van der Waals surface area contributed by atoms with E-state index in [-0.39, 0.29) is 12.0 Å². The van der Waals surface area contributed by atoms with E-state index in [1.54, 1.807) is 6.92 Å². The number of fused-ring (bicyclic) bond motifs is 1. The highest BCUT2D eigenvalue weighted by Crippen LogP contribution is 2.43. The average Bonchev–Trinajstić information content (AvgIpc) is 3.26. The summed E-state index contributed by atoms with van der Waals surface area (Å²) in [4.78, 5) is 19.5. The lowest BCUT2D eigenvalue weighted by molar-refractivity contribution is -0.139. The van der Waals surface area contributed by atoms with Crippen molar-refractivity contribution in [2.24, 2.45) is 4.99 Å². The van der Waals surface area contributed by atoms with Crippen molar-refractivity contribution in [1.29, 1.82) is 0 Å². The molecule has 6 nitrogen and oxygen atoms in total. The number of nitrogens with zero attached hydrogens (tertiary/aromatic N) is 2. The summed E-state index contributed by atoms with van der Waals surface area (Å²) in [5.41, 5.74) is 3.14. The Morgan fingerprint density at radius 3 is 2.61 bits per heavy atom. The summed E-state index contributed by atoms with van der Waals surface area (Å²) in [6, 6.07) is 13.4. The minimum Gasteiger partial charge on any atom is -0.490 e. The highest BCUT2D eigenvalue weighted by atomic mass is 79.9.